The number of anilines is 1. The molecule has 0 radical (unpaired) electrons. The molecule has 0 bridgehead atoms. The second-order valence-electron chi connectivity index (χ2n) is 4.08. The maximum absolute atomic E-state index is 13.2. The maximum Gasteiger partial charge on any atom is 0.338 e. The molecule has 0 fully saturated rings. The van der Waals surface area contributed by atoms with Crippen molar-refractivity contribution in [3.63, 3.8) is 0 Å². The number of hydrogen-bond acceptors (Lipinski definition) is 2. The third-order valence-electron chi connectivity index (χ3n) is 2.64. The van der Waals surface area contributed by atoms with Crippen LogP contribution in [0.1, 0.15) is 20.7 Å². The average Bonchev–Trinajstić information content (AvgIpc) is 2.43. The molecule has 2 N–H and O–H groups in total. The Bertz CT molecular complexity index is 734. The molecule has 0 atom stereocenters. The van der Waals surface area contributed by atoms with Crippen LogP contribution in [0.3, 0.4) is 0 Å². The second kappa shape index (κ2) is 5.88. The van der Waals surface area contributed by atoms with Gasteiger partial charge in [-0.1, -0.05) is 11.6 Å². The molecule has 0 aliphatic rings. The summed E-state index contributed by atoms with van der Waals surface area (Å²) in [4.78, 5) is 22.7. The molecular formula is C14H8ClF2NO3. The van der Waals surface area contributed by atoms with Gasteiger partial charge in [0.15, 0.2) is 0 Å². The molecule has 21 heavy (non-hydrogen) atoms. The Labute approximate surface area is 123 Å². The SMILES string of the molecule is O=C(Nc1ccc(F)c(C(=O)O)c1)c1ccc(F)c(Cl)c1. The Morgan fingerprint density at radius 2 is 1.71 bits per heavy atom. The number of halogens is 3. The number of amides is 1. The number of carbonyl (C=O) groups excluding carboxylic acids is 1. The minimum absolute atomic E-state index is 0.0857. The van der Waals surface area contributed by atoms with Crippen molar-refractivity contribution in [3.05, 3.63) is 64.2 Å². The van der Waals surface area contributed by atoms with E-state index < -0.39 is 29.1 Å². The van der Waals surface area contributed by atoms with E-state index >= 15 is 0 Å². The van der Waals surface area contributed by atoms with Crippen molar-refractivity contribution in [2.24, 2.45) is 0 Å². The minimum atomic E-state index is -1.45. The Kier molecular flexibility index (Phi) is 4.18. The summed E-state index contributed by atoms with van der Waals surface area (Å²) in [5, 5.41) is 11.0. The van der Waals surface area contributed by atoms with Gasteiger partial charge < -0.3 is 10.4 Å². The van der Waals surface area contributed by atoms with E-state index in [0.717, 1.165) is 24.3 Å². The first-order chi connectivity index (χ1) is 9.88. The van der Waals surface area contributed by atoms with E-state index in [-0.39, 0.29) is 16.3 Å². The molecular weight excluding hydrogens is 304 g/mol. The number of carboxylic acid groups (broad SMARTS) is 1. The first kappa shape index (κ1) is 14.9. The lowest BCUT2D eigenvalue weighted by Gasteiger charge is -2.07. The molecule has 7 heteroatoms. The van der Waals surface area contributed by atoms with Gasteiger partial charge >= 0.3 is 5.97 Å². The summed E-state index contributed by atoms with van der Waals surface area (Å²) in [6.07, 6.45) is 0. The third-order valence-corrected chi connectivity index (χ3v) is 2.93. The van der Waals surface area contributed by atoms with Crippen molar-refractivity contribution in [3.8, 4) is 0 Å². The van der Waals surface area contributed by atoms with Crippen LogP contribution in [-0.4, -0.2) is 17.0 Å². The summed E-state index contributed by atoms with van der Waals surface area (Å²) in [6, 6.07) is 6.51. The van der Waals surface area contributed by atoms with E-state index in [1.165, 1.54) is 12.1 Å². The van der Waals surface area contributed by atoms with Crippen LogP contribution in [0.4, 0.5) is 14.5 Å². The predicted molar refractivity (Wildman–Crippen MR) is 72.7 cm³/mol. The quantitative estimate of drug-likeness (QED) is 0.910. The van der Waals surface area contributed by atoms with Crippen molar-refractivity contribution in [2.75, 3.05) is 5.32 Å². The second-order valence-corrected chi connectivity index (χ2v) is 4.49. The maximum atomic E-state index is 13.2. The highest BCUT2D eigenvalue weighted by Crippen LogP contribution is 2.19. The Hall–Kier alpha value is -2.47. The van der Waals surface area contributed by atoms with Gasteiger partial charge in [-0.05, 0) is 36.4 Å². The van der Waals surface area contributed by atoms with Crippen molar-refractivity contribution in [1.29, 1.82) is 0 Å². The molecule has 0 saturated heterocycles. The van der Waals surface area contributed by atoms with Gasteiger partial charge in [-0.2, -0.15) is 0 Å². The van der Waals surface area contributed by atoms with E-state index in [1.807, 2.05) is 0 Å². The van der Waals surface area contributed by atoms with Crippen LogP contribution < -0.4 is 5.32 Å². The molecule has 0 unspecified atom stereocenters. The van der Waals surface area contributed by atoms with Gasteiger partial charge in [-0.3, -0.25) is 4.79 Å². The molecule has 4 nitrogen and oxygen atoms in total. The largest absolute Gasteiger partial charge is 0.478 e. The van der Waals surface area contributed by atoms with Gasteiger partial charge in [-0.25, -0.2) is 13.6 Å². The molecule has 2 rings (SSSR count). The van der Waals surface area contributed by atoms with Gasteiger partial charge in [0.05, 0.1) is 10.6 Å². The van der Waals surface area contributed by atoms with Gasteiger partial charge in [0, 0.05) is 11.3 Å². The summed E-state index contributed by atoms with van der Waals surface area (Å²) < 4.78 is 26.2. The molecule has 0 spiro atoms. The van der Waals surface area contributed by atoms with Crippen molar-refractivity contribution >= 4 is 29.2 Å². The summed E-state index contributed by atoms with van der Waals surface area (Å²) in [6.45, 7) is 0. The number of aromatic carboxylic acids is 1. The standard InChI is InChI=1S/C14H8ClF2NO3/c15-10-5-7(1-3-12(10)17)13(19)18-8-2-4-11(16)9(6-8)14(20)21/h1-6H,(H,18,19)(H,20,21). The van der Waals surface area contributed by atoms with E-state index in [2.05, 4.69) is 5.32 Å². The van der Waals surface area contributed by atoms with Crippen LogP contribution >= 0.6 is 11.6 Å². The molecule has 0 saturated carbocycles. The first-order valence-electron chi connectivity index (χ1n) is 5.67. The van der Waals surface area contributed by atoms with Gasteiger partial charge in [0.2, 0.25) is 0 Å². The molecule has 2 aromatic carbocycles. The Balaban J connectivity index is 2.25. The van der Waals surface area contributed by atoms with Gasteiger partial charge in [0.1, 0.15) is 11.6 Å². The minimum Gasteiger partial charge on any atom is -0.478 e. The van der Waals surface area contributed by atoms with Gasteiger partial charge in [0.25, 0.3) is 5.91 Å². The Morgan fingerprint density at radius 1 is 1.05 bits per heavy atom. The zero-order valence-electron chi connectivity index (χ0n) is 10.4. The lowest BCUT2D eigenvalue weighted by atomic mass is 10.1. The number of carboxylic acids is 1. The van der Waals surface area contributed by atoms with Crippen molar-refractivity contribution in [2.45, 2.75) is 0 Å². The highest BCUT2D eigenvalue weighted by molar-refractivity contribution is 6.31. The third kappa shape index (κ3) is 3.35. The molecule has 108 valence electrons. The fourth-order valence-corrected chi connectivity index (χ4v) is 1.79. The van der Waals surface area contributed by atoms with Crippen LogP contribution in [0, 0.1) is 11.6 Å². The van der Waals surface area contributed by atoms with Gasteiger partial charge in [-0.15, -0.1) is 0 Å². The smallest absolute Gasteiger partial charge is 0.338 e. The van der Waals surface area contributed by atoms with E-state index in [9.17, 15) is 18.4 Å². The summed E-state index contributed by atoms with van der Waals surface area (Å²) >= 11 is 5.57. The monoisotopic (exact) mass is 311 g/mol. The fourth-order valence-electron chi connectivity index (χ4n) is 1.61. The van der Waals surface area contributed by atoms with Crippen molar-refractivity contribution in [1.82, 2.24) is 0 Å². The number of carbonyl (C=O) groups is 2. The van der Waals surface area contributed by atoms with Crippen LogP contribution in [0.15, 0.2) is 36.4 Å². The average molecular weight is 312 g/mol. The summed E-state index contributed by atoms with van der Waals surface area (Å²) in [5.41, 5.74) is -0.383. The lowest BCUT2D eigenvalue weighted by Crippen LogP contribution is -2.13. The summed E-state index contributed by atoms with van der Waals surface area (Å²) in [7, 11) is 0. The van der Waals surface area contributed by atoms with Crippen LogP contribution in [0.2, 0.25) is 5.02 Å². The predicted octanol–water partition coefficient (Wildman–Crippen LogP) is 3.57. The van der Waals surface area contributed by atoms with Crippen LogP contribution in [-0.2, 0) is 0 Å². The molecule has 2 aromatic rings. The molecule has 1 amide bonds. The Morgan fingerprint density at radius 3 is 2.33 bits per heavy atom. The number of rotatable bonds is 3. The number of hydrogen-bond donors (Lipinski definition) is 2. The van der Waals surface area contributed by atoms with E-state index in [1.54, 1.807) is 0 Å². The topological polar surface area (TPSA) is 66.4 Å². The van der Waals surface area contributed by atoms with E-state index in [0.29, 0.717) is 0 Å². The summed E-state index contributed by atoms with van der Waals surface area (Å²) in [5.74, 6) is -3.65. The van der Waals surface area contributed by atoms with Crippen LogP contribution in [0.25, 0.3) is 0 Å². The normalized spacial score (nSPS) is 10.2. The van der Waals surface area contributed by atoms with Crippen LogP contribution in [0.5, 0.6) is 0 Å². The fraction of sp³-hybridized carbons (Fsp3) is 0. The zero-order valence-corrected chi connectivity index (χ0v) is 11.1. The molecule has 0 heterocycles. The highest BCUT2D eigenvalue weighted by atomic mass is 35.5. The number of benzene rings is 2. The molecule has 0 aliphatic heterocycles. The number of nitrogens with one attached hydrogen (secondary N) is 1. The van der Waals surface area contributed by atoms with E-state index in [4.69, 9.17) is 16.7 Å². The lowest BCUT2D eigenvalue weighted by molar-refractivity contribution is 0.0691. The zero-order chi connectivity index (χ0) is 15.6. The highest BCUT2D eigenvalue weighted by Gasteiger charge is 2.13. The first-order valence-corrected chi connectivity index (χ1v) is 6.05. The molecule has 0 aromatic heterocycles. The molecule has 0 aliphatic carbocycles. The van der Waals surface area contributed by atoms with Crippen molar-refractivity contribution < 1.29 is 23.5 Å².